The van der Waals surface area contributed by atoms with Gasteiger partial charge in [-0.2, -0.15) is 0 Å². The van der Waals surface area contributed by atoms with Gasteiger partial charge in [0.05, 0.1) is 11.4 Å². The van der Waals surface area contributed by atoms with E-state index in [1.165, 1.54) is 16.7 Å². The molecule has 0 aliphatic carbocycles. The maximum atomic E-state index is 12.2. The summed E-state index contributed by atoms with van der Waals surface area (Å²) in [6, 6.07) is 17.8. The van der Waals surface area contributed by atoms with Crippen molar-refractivity contribution in [2.45, 2.75) is 6.54 Å². The van der Waals surface area contributed by atoms with Gasteiger partial charge >= 0.3 is 0 Å². The van der Waals surface area contributed by atoms with Crippen molar-refractivity contribution >= 4 is 33.9 Å². The summed E-state index contributed by atoms with van der Waals surface area (Å²) in [6.07, 6.45) is 0. The predicted molar refractivity (Wildman–Crippen MR) is 97.1 cm³/mol. The van der Waals surface area contributed by atoms with Crippen molar-refractivity contribution in [1.29, 1.82) is 0 Å². The number of rotatable bonds is 5. The van der Waals surface area contributed by atoms with Crippen molar-refractivity contribution in [2.75, 3.05) is 13.6 Å². The Morgan fingerprint density at radius 3 is 2.58 bits per heavy atom. The van der Waals surface area contributed by atoms with Crippen molar-refractivity contribution in [2.24, 2.45) is 0 Å². The third kappa shape index (κ3) is 3.81. The molecule has 0 atom stereocenters. The SMILES string of the molecule is CN(Cc1ccc2ccccc2c1)C(=O)CNC(=O)c1cccs1. The molecule has 0 fully saturated rings. The van der Waals surface area contributed by atoms with E-state index in [2.05, 4.69) is 29.6 Å². The Kier molecular flexibility index (Phi) is 4.91. The molecule has 0 saturated heterocycles. The Hall–Kier alpha value is -2.66. The molecule has 3 aromatic rings. The van der Waals surface area contributed by atoms with Crippen LogP contribution < -0.4 is 5.32 Å². The van der Waals surface area contributed by atoms with Crippen LogP contribution in [-0.2, 0) is 11.3 Å². The summed E-state index contributed by atoms with van der Waals surface area (Å²) in [5.41, 5.74) is 1.06. The summed E-state index contributed by atoms with van der Waals surface area (Å²) in [7, 11) is 1.74. The predicted octanol–water partition coefficient (Wildman–Crippen LogP) is 3.29. The monoisotopic (exact) mass is 338 g/mol. The Morgan fingerprint density at radius 2 is 1.83 bits per heavy atom. The molecule has 2 aromatic carbocycles. The number of nitrogens with one attached hydrogen (secondary N) is 1. The van der Waals surface area contributed by atoms with Crippen LogP contribution in [-0.4, -0.2) is 30.3 Å². The molecule has 2 amide bonds. The number of benzene rings is 2. The molecule has 1 aromatic heterocycles. The second kappa shape index (κ2) is 7.27. The van der Waals surface area contributed by atoms with Gasteiger partial charge in [0.1, 0.15) is 0 Å². The molecule has 0 bridgehead atoms. The van der Waals surface area contributed by atoms with Crippen molar-refractivity contribution in [3.05, 3.63) is 70.4 Å². The van der Waals surface area contributed by atoms with E-state index in [4.69, 9.17) is 0 Å². The van der Waals surface area contributed by atoms with Crippen LogP contribution in [0.5, 0.6) is 0 Å². The van der Waals surface area contributed by atoms with Gasteiger partial charge in [-0.1, -0.05) is 42.5 Å². The number of nitrogens with zero attached hydrogens (tertiary/aromatic N) is 1. The van der Waals surface area contributed by atoms with Gasteiger partial charge in [-0.25, -0.2) is 0 Å². The van der Waals surface area contributed by atoms with Crippen molar-refractivity contribution in [3.63, 3.8) is 0 Å². The lowest BCUT2D eigenvalue weighted by Crippen LogP contribution is -2.37. The third-order valence-corrected chi connectivity index (χ3v) is 4.67. The topological polar surface area (TPSA) is 49.4 Å². The molecule has 3 rings (SSSR count). The number of carbonyl (C=O) groups excluding carboxylic acids is 2. The summed E-state index contributed by atoms with van der Waals surface area (Å²) >= 11 is 1.36. The fourth-order valence-corrected chi connectivity index (χ4v) is 3.12. The maximum Gasteiger partial charge on any atom is 0.261 e. The zero-order valence-electron chi connectivity index (χ0n) is 13.4. The van der Waals surface area contributed by atoms with Gasteiger partial charge < -0.3 is 10.2 Å². The zero-order chi connectivity index (χ0) is 16.9. The Morgan fingerprint density at radius 1 is 1.04 bits per heavy atom. The minimum atomic E-state index is -0.211. The van der Waals surface area contributed by atoms with E-state index in [0.29, 0.717) is 11.4 Å². The molecule has 1 N–H and O–H groups in total. The van der Waals surface area contributed by atoms with E-state index in [1.807, 2.05) is 29.6 Å². The minimum absolute atomic E-state index is 0.000808. The van der Waals surface area contributed by atoms with Crippen LogP contribution in [0.15, 0.2) is 60.0 Å². The van der Waals surface area contributed by atoms with Crippen LogP contribution in [0, 0.1) is 0 Å². The molecule has 0 spiro atoms. The number of hydrogen-bond acceptors (Lipinski definition) is 3. The van der Waals surface area contributed by atoms with Crippen LogP contribution in [0.25, 0.3) is 10.8 Å². The summed E-state index contributed by atoms with van der Waals surface area (Å²) in [6.45, 7) is 0.513. The van der Waals surface area contributed by atoms with Crippen molar-refractivity contribution in [1.82, 2.24) is 10.2 Å². The fourth-order valence-electron chi connectivity index (χ4n) is 2.48. The highest BCUT2D eigenvalue weighted by Crippen LogP contribution is 2.16. The molecule has 0 unspecified atom stereocenters. The lowest BCUT2D eigenvalue weighted by atomic mass is 10.1. The number of hydrogen-bond donors (Lipinski definition) is 1. The van der Waals surface area contributed by atoms with E-state index in [-0.39, 0.29) is 18.4 Å². The maximum absolute atomic E-state index is 12.2. The van der Waals surface area contributed by atoms with Crippen LogP contribution in [0.2, 0.25) is 0 Å². The third-order valence-electron chi connectivity index (χ3n) is 3.80. The fraction of sp³-hybridized carbons (Fsp3) is 0.158. The molecule has 0 radical (unpaired) electrons. The van der Waals surface area contributed by atoms with E-state index < -0.39 is 0 Å². The first-order valence-corrected chi connectivity index (χ1v) is 8.55. The van der Waals surface area contributed by atoms with E-state index in [0.717, 1.165) is 10.9 Å². The number of amides is 2. The summed E-state index contributed by atoms with van der Waals surface area (Å²) < 4.78 is 0. The normalized spacial score (nSPS) is 10.5. The van der Waals surface area contributed by atoms with Gasteiger partial charge in [0.15, 0.2) is 0 Å². The van der Waals surface area contributed by atoms with E-state index in [9.17, 15) is 9.59 Å². The Bertz CT molecular complexity index is 859. The molecule has 1 heterocycles. The average Bonchev–Trinajstić information content (AvgIpc) is 3.14. The molecule has 0 aliphatic heterocycles. The zero-order valence-corrected chi connectivity index (χ0v) is 14.2. The summed E-state index contributed by atoms with van der Waals surface area (Å²) in [4.78, 5) is 26.3. The highest BCUT2D eigenvalue weighted by Gasteiger charge is 2.12. The molecule has 5 heteroatoms. The number of carbonyl (C=O) groups is 2. The largest absolute Gasteiger partial charge is 0.342 e. The molecule has 24 heavy (non-hydrogen) atoms. The average molecular weight is 338 g/mol. The van der Waals surface area contributed by atoms with Gasteiger partial charge in [-0.3, -0.25) is 9.59 Å². The summed E-state index contributed by atoms with van der Waals surface area (Å²) in [5, 5.41) is 6.83. The quantitative estimate of drug-likeness (QED) is 0.776. The van der Waals surface area contributed by atoms with Crippen LogP contribution >= 0.6 is 11.3 Å². The number of likely N-dealkylation sites (N-methyl/N-ethyl adjacent to an activating group) is 1. The Balaban J connectivity index is 1.57. The second-order valence-corrected chi connectivity index (χ2v) is 6.54. The van der Waals surface area contributed by atoms with Gasteiger partial charge in [0, 0.05) is 13.6 Å². The van der Waals surface area contributed by atoms with E-state index >= 15 is 0 Å². The number of fused-ring (bicyclic) bond motifs is 1. The van der Waals surface area contributed by atoms with Gasteiger partial charge in [0.25, 0.3) is 5.91 Å². The first kappa shape index (κ1) is 16.2. The Labute approximate surface area is 144 Å². The molecule has 0 saturated carbocycles. The van der Waals surface area contributed by atoms with E-state index in [1.54, 1.807) is 18.0 Å². The molecule has 122 valence electrons. The first-order valence-electron chi connectivity index (χ1n) is 7.67. The highest BCUT2D eigenvalue weighted by atomic mass is 32.1. The lowest BCUT2D eigenvalue weighted by molar-refractivity contribution is -0.129. The minimum Gasteiger partial charge on any atom is -0.342 e. The van der Waals surface area contributed by atoms with Crippen LogP contribution in [0.3, 0.4) is 0 Å². The first-order chi connectivity index (χ1) is 11.6. The lowest BCUT2D eigenvalue weighted by Gasteiger charge is -2.18. The van der Waals surface area contributed by atoms with Gasteiger partial charge in [-0.05, 0) is 33.8 Å². The second-order valence-electron chi connectivity index (χ2n) is 5.59. The van der Waals surface area contributed by atoms with Gasteiger partial charge in [-0.15, -0.1) is 11.3 Å². The smallest absolute Gasteiger partial charge is 0.261 e. The standard InChI is InChI=1S/C19H18N2O2S/c1-21(18(22)12-20-19(23)17-7-4-10-24-17)13-14-8-9-15-5-2-3-6-16(15)11-14/h2-11H,12-13H2,1H3,(H,20,23). The summed E-state index contributed by atoms with van der Waals surface area (Å²) in [5.74, 6) is -0.328. The molecular weight excluding hydrogens is 320 g/mol. The molecule has 4 nitrogen and oxygen atoms in total. The van der Waals surface area contributed by atoms with Gasteiger partial charge in [0.2, 0.25) is 5.91 Å². The number of thiophene rings is 1. The molecular formula is C19H18N2O2S. The highest BCUT2D eigenvalue weighted by molar-refractivity contribution is 7.12. The van der Waals surface area contributed by atoms with Crippen molar-refractivity contribution in [3.8, 4) is 0 Å². The molecule has 0 aliphatic rings. The van der Waals surface area contributed by atoms with Crippen LogP contribution in [0.1, 0.15) is 15.2 Å². The van der Waals surface area contributed by atoms with Crippen molar-refractivity contribution < 1.29 is 9.59 Å². The van der Waals surface area contributed by atoms with Crippen LogP contribution in [0.4, 0.5) is 0 Å².